The molecule has 0 spiro atoms. The van der Waals surface area contributed by atoms with Crippen molar-refractivity contribution < 1.29 is 9.84 Å². The predicted molar refractivity (Wildman–Crippen MR) is 77.9 cm³/mol. The molecule has 1 aromatic heterocycles. The largest absolute Gasteiger partial charge is 0.497 e. The zero-order valence-corrected chi connectivity index (χ0v) is 11.9. The van der Waals surface area contributed by atoms with E-state index in [-0.39, 0.29) is 6.61 Å². The maximum Gasteiger partial charge on any atom is 0.135 e. The molecule has 5 nitrogen and oxygen atoms in total. The van der Waals surface area contributed by atoms with Crippen LogP contribution in [0.3, 0.4) is 0 Å². The van der Waals surface area contributed by atoms with E-state index < -0.39 is 0 Å². The van der Waals surface area contributed by atoms with Gasteiger partial charge in [-0.05, 0) is 38.1 Å². The maximum absolute atomic E-state index is 9.51. The summed E-state index contributed by atoms with van der Waals surface area (Å²) >= 11 is 0. The van der Waals surface area contributed by atoms with Crippen LogP contribution in [0.25, 0.3) is 11.0 Å². The molecule has 0 amide bonds. The maximum atomic E-state index is 9.51. The second kappa shape index (κ2) is 5.81. The quantitative estimate of drug-likeness (QED) is 0.901. The summed E-state index contributed by atoms with van der Waals surface area (Å²) in [6, 6.07) is 5.88. The highest BCUT2D eigenvalue weighted by Gasteiger charge is 2.14. The van der Waals surface area contributed by atoms with Crippen LogP contribution in [-0.2, 0) is 13.2 Å². The van der Waals surface area contributed by atoms with Gasteiger partial charge in [0.05, 0.1) is 18.1 Å². The lowest BCUT2D eigenvalue weighted by Crippen LogP contribution is -2.24. The third kappa shape index (κ3) is 2.51. The Hall–Kier alpha value is -1.59. The van der Waals surface area contributed by atoms with Crippen molar-refractivity contribution in [1.82, 2.24) is 14.5 Å². The molecule has 5 heteroatoms. The van der Waals surface area contributed by atoms with E-state index in [2.05, 4.69) is 14.5 Å². The van der Waals surface area contributed by atoms with Crippen LogP contribution < -0.4 is 4.74 Å². The lowest BCUT2D eigenvalue weighted by Gasteiger charge is -2.16. The van der Waals surface area contributed by atoms with Crippen molar-refractivity contribution in [3.63, 3.8) is 0 Å². The molecule has 1 fully saturated rings. The van der Waals surface area contributed by atoms with E-state index in [9.17, 15) is 5.11 Å². The Morgan fingerprint density at radius 1 is 1.25 bits per heavy atom. The van der Waals surface area contributed by atoms with Gasteiger partial charge in [0.1, 0.15) is 18.2 Å². The van der Waals surface area contributed by atoms with Crippen LogP contribution in [0.5, 0.6) is 5.75 Å². The number of likely N-dealkylation sites (tertiary alicyclic amines) is 1. The Morgan fingerprint density at radius 2 is 2.05 bits per heavy atom. The predicted octanol–water partition coefficient (Wildman–Crippen LogP) is 1.63. The second-order valence-electron chi connectivity index (χ2n) is 5.24. The van der Waals surface area contributed by atoms with Crippen LogP contribution in [0, 0.1) is 0 Å². The smallest absolute Gasteiger partial charge is 0.135 e. The fourth-order valence-electron chi connectivity index (χ4n) is 2.90. The molecule has 1 aliphatic heterocycles. The Morgan fingerprint density at radius 3 is 2.75 bits per heavy atom. The zero-order valence-electron chi connectivity index (χ0n) is 11.9. The average molecular weight is 275 g/mol. The molecule has 1 aromatic carbocycles. The van der Waals surface area contributed by atoms with E-state index in [1.165, 1.54) is 25.9 Å². The first-order valence-corrected chi connectivity index (χ1v) is 7.18. The van der Waals surface area contributed by atoms with E-state index in [0.29, 0.717) is 0 Å². The van der Waals surface area contributed by atoms with E-state index in [0.717, 1.165) is 35.7 Å². The Kier molecular flexibility index (Phi) is 3.89. The van der Waals surface area contributed by atoms with Crippen LogP contribution >= 0.6 is 0 Å². The van der Waals surface area contributed by atoms with Gasteiger partial charge in [0.15, 0.2) is 0 Å². The fraction of sp³-hybridized carbons (Fsp3) is 0.533. The normalized spacial score (nSPS) is 16.1. The molecule has 108 valence electrons. The summed E-state index contributed by atoms with van der Waals surface area (Å²) in [6.45, 7) is 4.24. The standard InChI is InChI=1S/C15H21N3O2/c1-20-12-4-5-14-13(10-12)16-15(11-19)18(14)9-8-17-6-2-3-7-17/h4-5,10,19H,2-3,6-9,11H2,1H3. The van der Waals surface area contributed by atoms with Gasteiger partial charge in [0, 0.05) is 19.2 Å². The number of methoxy groups -OCH3 is 1. The molecule has 0 radical (unpaired) electrons. The van der Waals surface area contributed by atoms with E-state index in [1.807, 2.05) is 18.2 Å². The van der Waals surface area contributed by atoms with E-state index in [4.69, 9.17) is 4.74 Å². The average Bonchev–Trinajstić information content (AvgIpc) is 3.11. The summed E-state index contributed by atoms with van der Waals surface area (Å²) < 4.78 is 7.34. The van der Waals surface area contributed by atoms with Crippen molar-refractivity contribution in [1.29, 1.82) is 0 Å². The van der Waals surface area contributed by atoms with Crippen LogP contribution in [0.2, 0.25) is 0 Å². The minimum absolute atomic E-state index is 0.0308. The molecule has 0 atom stereocenters. The molecule has 0 bridgehead atoms. The third-order valence-corrected chi connectivity index (χ3v) is 4.01. The first-order valence-electron chi connectivity index (χ1n) is 7.18. The SMILES string of the molecule is COc1ccc2c(c1)nc(CO)n2CCN1CCCC1. The van der Waals surface area contributed by atoms with Gasteiger partial charge in [-0.15, -0.1) is 0 Å². The molecule has 0 aliphatic carbocycles. The van der Waals surface area contributed by atoms with Gasteiger partial charge in [-0.1, -0.05) is 0 Å². The number of ether oxygens (including phenoxy) is 1. The highest BCUT2D eigenvalue weighted by atomic mass is 16.5. The number of hydrogen-bond acceptors (Lipinski definition) is 4. The van der Waals surface area contributed by atoms with Crippen molar-refractivity contribution in [3.05, 3.63) is 24.0 Å². The van der Waals surface area contributed by atoms with E-state index >= 15 is 0 Å². The molecule has 2 aromatic rings. The number of imidazole rings is 1. The molecule has 1 N–H and O–H groups in total. The van der Waals surface area contributed by atoms with Gasteiger partial charge < -0.3 is 19.3 Å². The first kappa shape index (κ1) is 13.4. The van der Waals surface area contributed by atoms with Gasteiger partial charge in [-0.25, -0.2) is 4.98 Å². The number of hydrogen-bond donors (Lipinski definition) is 1. The molecule has 3 rings (SSSR count). The lowest BCUT2D eigenvalue weighted by atomic mass is 10.3. The number of rotatable bonds is 5. The minimum Gasteiger partial charge on any atom is -0.497 e. The van der Waals surface area contributed by atoms with Gasteiger partial charge in [0.25, 0.3) is 0 Å². The minimum atomic E-state index is -0.0308. The monoisotopic (exact) mass is 275 g/mol. The van der Waals surface area contributed by atoms with Crippen molar-refractivity contribution >= 4 is 11.0 Å². The molecule has 2 heterocycles. The number of benzene rings is 1. The van der Waals surface area contributed by atoms with Gasteiger partial charge in [-0.3, -0.25) is 0 Å². The summed E-state index contributed by atoms with van der Waals surface area (Å²) in [7, 11) is 1.65. The number of aliphatic hydroxyl groups is 1. The van der Waals surface area contributed by atoms with Crippen molar-refractivity contribution in [3.8, 4) is 5.75 Å². The number of fused-ring (bicyclic) bond motifs is 1. The van der Waals surface area contributed by atoms with Crippen LogP contribution in [0.4, 0.5) is 0 Å². The molecular weight excluding hydrogens is 254 g/mol. The van der Waals surface area contributed by atoms with Crippen LogP contribution in [0.15, 0.2) is 18.2 Å². The molecule has 0 saturated carbocycles. The molecular formula is C15H21N3O2. The molecule has 20 heavy (non-hydrogen) atoms. The van der Waals surface area contributed by atoms with Crippen molar-refractivity contribution in [2.75, 3.05) is 26.7 Å². The van der Waals surface area contributed by atoms with E-state index in [1.54, 1.807) is 7.11 Å². The summed E-state index contributed by atoms with van der Waals surface area (Å²) in [6.07, 6.45) is 2.60. The Labute approximate surface area is 118 Å². The summed E-state index contributed by atoms with van der Waals surface area (Å²) in [5.41, 5.74) is 1.95. The summed E-state index contributed by atoms with van der Waals surface area (Å²) in [5.74, 6) is 1.53. The fourth-order valence-corrected chi connectivity index (χ4v) is 2.90. The summed E-state index contributed by atoms with van der Waals surface area (Å²) in [4.78, 5) is 6.97. The Balaban J connectivity index is 1.87. The van der Waals surface area contributed by atoms with Gasteiger partial charge in [-0.2, -0.15) is 0 Å². The number of aliphatic hydroxyl groups excluding tert-OH is 1. The van der Waals surface area contributed by atoms with Gasteiger partial charge >= 0.3 is 0 Å². The highest BCUT2D eigenvalue weighted by Crippen LogP contribution is 2.22. The lowest BCUT2D eigenvalue weighted by molar-refractivity contribution is 0.260. The highest BCUT2D eigenvalue weighted by molar-refractivity contribution is 5.77. The third-order valence-electron chi connectivity index (χ3n) is 4.01. The Bertz CT molecular complexity index is 588. The summed E-state index contributed by atoms with van der Waals surface area (Å²) in [5, 5.41) is 9.51. The van der Waals surface area contributed by atoms with Crippen LogP contribution in [-0.4, -0.2) is 46.3 Å². The second-order valence-corrected chi connectivity index (χ2v) is 5.24. The van der Waals surface area contributed by atoms with Crippen molar-refractivity contribution in [2.24, 2.45) is 0 Å². The topological polar surface area (TPSA) is 50.5 Å². The van der Waals surface area contributed by atoms with Crippen molar-refractivity contribution in [2.45, 2.75) is 26.0 Å². The van der Waals surface area contributed by atoms with Gasteiger partial charge in [0.2, 0.25) is 0 Å². The zero-order chi connectivity index (χ0) is 13.9. The molecule has 1 saturated heterocycles. The molecule has 0 unspecified atom stereocenters. The number of nitrogens with zero attached hydrogens (tertiary/aromatic N) is 3. The van der Waals surface area contributed by atoms with Crippen LogP contribution in [0.1, 0.15) is 18.7 Å². The number of aromatic nitrogens is 2. The first-order chi connectivity index (χ1) is 9.81. The molecule has 1 aliphatic rings.